The van der Waals surface area contributed by atoms with Gasteiger partial charge in [-0.3, -0.25) is 9.59 Å². The van der Waals surface area contributed by atoms with Crippen molar-refractivity contribution in [3.63, 3.8) is 0 Å². The van der Waals surface area contributed by atoms with Crippen molar-refractivity contribution < 1.29 is 37.7 Å². The summed E-state index contributed by atoms with van der Waals surface area (Å²) < 4.78 is 37.4. The molecule has 0 radical (unpaired) electrons. The van der Waals surface area contributed by atoms with E-state index in [0.29, 0.717) is 26.1 Å². The number of hydrogen-bond acceptors (Lipinski definition) is 8. The Morgan fingerprint density at radius 3 is 1.45 bits per heavy atom. The highest BCUT2D eigenvalue weighted by molar-refractivity contribution is 6.62. The Morgan fingerprint density at radius 1 is 0.608 bits per heavy atom. The van der Waals surface area contributed by atoms with Crippen molar-refractivity contribution in [1.82, 2.24) is 0 Å². The Balaban J connectivity index is 1.59. The summed E-state index contributed by atoms with van der Waals surface area (Å²) in [5, 5.41) is 0. The summed E-state index contributed by atoms with van der Waals surface area (Å²) in [5.74, 6) is 0.0962. The van der Waals surface area contributed by atoms with Crippen LogP contribution in [0, 0.1) is 11.8 Å². The van der Waals surface area contributed by atoms with E-state index in [1.165, 1.54) is 0 Å². The largest absolute Gasteiger partial charge is 0.494 e. The maximum atomic E-state index is 13.3. The maximum Gasteiger partial charge on any atom is 0.494 e. The van der Waals surface area contributed by atoms with Crippen molar-refractivity contribution >= 4 is 37.1 Å². The van der Waals surface area contributed by atoms with Gasteiger partial charge in [0, 0.05) is 18.3 Å². The van der Waals surface area contributed by atoms with Crippen LogP contribution in [-0.4, -0.2) is 61.8 Å². The first-order chi connectivity index (χ1) is 23.8. The third-order valence-corrected chi connectivity index (χ3v) is 12.4. The minimum Gasteiger partial charge on any atom is -0.465 e. The molecule has 2 fully saturated rings. The van der Waals surface area contributed by atoms with Crippen molar-refractivity contribution in [1.29, 1.82) is 0 Å². The molecule has 0 saturated carbocycles. The highest BCUT2D eigenvalue weighted by atomic mass is 16.7. The monoisotopic (exact) mass is 702 g/mol. The lowest BCUT2D eigenvalue weighted by Gasteiger charge is -2.32. The predicted molar refractivity (Wildman–Crippen MR) is 203 cm³/mol. The van der Waals surface area contributed by atoms with Crippen LogP contribution in [0.25, 0.3) is 11.1 Å². The van der Waals surface area contributed by atoms with Gasteiger partial charge in [-0.2, -0.15) is 0 Å². The number of benzene rings is 2. The third kappa shape index (κ3) is 7.85. The fourth-order valence-corrected chi connectivity index (χ4v) is 6.94. The minimum absolute atomic E-state index is 0.205. The summed E-state index contributed by atoms with van der Waals surface area (Å²) in [4.78, 5) is 26.6. The van der Waals surface area contributed by atoms with Crippen molar-refractivity contribution in [2.45, 2.75) is 149 Å². The predicted octanol–water partition coefficient (Wildman–Crippen LogP) is 7.29. The average Bonchev–Trinajstić information content (AvgIpc) is 3.57. The Morgan fingerprint density at radius 2 is 1.02 bits per heavy atom. The van der Waals surface area contributed by atoms with Crippen molar-refractivity contribution in [2.75, 3.05) is 13.2 Å². The normalized spacial score (nSPS) is 23.5. The fourth-order valence-electron chi connectivity index (χ4n) is 6.94. The average molecular weight is 703 g/mol. The maximum absolute atomic E-state index is 13.3. The molecule has 2 aromatic rings. The number of esters is 2. The van der Waals surface area contributed by atoms with Gasteiger partial charge in [-0.1, -0.05) is 76.9 Å². The molecule has 3 aliphatic rings. The standard InChI is InChI=1S/C41H60B2O8/c1-13-27(3)25-46-35(44)19-21-41(22-20-36(45)47-26-28(4)14-2)33-18-16-29(42-48-37(5,6)38(7,8)49-42)23-32(33)31-17-15-30(24-34(31)41)43-50-39(9,10)40(11,12)51-43/h15-18,23-24,27-28H,13-14,19-22,25-26H2,1-12H3. The molecule has 51 heavy (non-hydrogen) atoms. The molecule has 0 spiro atoms. The molecule has 0 N–H and O–H groups in total. The molecule has 0 aromatic heterocycles. The van der Waals surface area contributed by atoms with Gasteiger partial charge in [0.15, 0.2) is 0 Å². The Hall–Kier alpha value is -2.65. The summed E-state index contributed by atoms with van der Waals surface area (Å²) >= 11 is 0. The number of carbonyl (C=O) groups excluding carboxylic acids is 2. The Bertz CT molecular complexity index is 1540. The molecule has 10 heteroatoms. The van der Waals surface area contributed by atoms with Crippen LogP contribution in [0.2, 0.25) is 0 Å². The topological polar surface area (TPSA) is 89.5 Å². The van der Waals surface area contributed by atoms with Crippen LogP contribution < -0.4 is 10.9 Å². The molecule has 0 amide bonds. The summed E-state index contributed by atoms with van der Waals surface area (Å²) in [6, 6.07) is 12.7. The number of hydrogen-bond donors (Lipinski definition) is 0. The first kappa shape index (κ1) is 39.6. The second-order valence-electron chi connectivity index (χ2n) is 17.3. The van der Waals surface area contributed by atoms with Crippen LogP contribution in [0.5, 0.6) is 0 Å². The number of fused-ring (bicyclic) bond motifs is 3. The van der Waals surface area contributed by atoms with Crippen LogP contribution in [0.3, 0.4) is 0 Å². The van der Waals surface area contributed by atoms with Gasteiger partial charge in [0.25, 0.3) is 0 Å². The summed E-state index contributed by atoms with van der Waals surface area (Å²) in [5.41, 5.74) is 3.35. The summed E-state index contributed by atoms with van der Waals surface area (Å²) in [7, 11) is -1.10. The molecule has 2 saturated heterocycles. The van der Waals surface area contributed by atoms with Gasteiger partial charge in [0.05, 0.1) is 35.6 Å². The number of rotatable bonds is 14. The van der Waals surface area contributed by atoms with Gasteiger partial charge in [0.1, 0.15) is 0 Å². The van der Waals surface area contributed by atoms with E-state index in [-0.39, 0.29) is 36.6 Å². The van der Waals surface area contributed by atoms with Gasteiger partial charge < -0.3 is 28.1 Å². The van der Waals surface area contributed by atoms with Gasteiger partial charge in [0.2, 0.25) is 0 Å². The van der Waals surface area contributed by atoms with E-state index in [4.69, 9.17) is 28.1 Å². The lowest BCUT2D eigenvalue weighted by atomic mass is 9.68. The van der Waals surface area contributed by atoms with Crippen molar-refractivity contribution in [2.24, 2.45) is 11.8 Å². The zero-order chi connectivity index (χ0) is 37.6. The first-order valence-corrected chi connectivity index (χ1v) is 19.1. The van der Waals surface area contributed by atoms with E-state index < -0.39 is 42.1 Å². The Kier molecular flexibility index (Phi) is 11.4. The van der Waals surface area contributed by atoms with Crippen LogP contribution in [-0.2, 0) is 43.1 Å². The van der Waals surface area contributed by atoms with E-state index in [1.54, 1.807) is 0 Å². The SMILES string of the molecule is CCC(C)COC(=O)CCC1(CCC(=O)OCC(C)CC)c2ccc(B3OC(C)(C)C(C)(C)O3)cc2-c2ccc(B3OC(C)(C)C(C)(C)O3)cc21. The lowest BCUT2D eigenvalue weighted by molar-refractivity contribution is -0.145. The molecular formula is C41H60B2O8. The van der Waals surface area contributed by atoms with E-state index >= 15 is 0 Å². The third-order valence-electron chi connectivity index (χ3n) is 12.4. The molecule has 1 aliphatic carbocycles. The molecule has 5 rings (SSSR count). The van der Waals surface area contributed by atoms with Crippen molar-refractivity contribution in [3.05, 3.63) is 47.5 Å². The zero-order valence-electron chi connectivity index (χ0n) is 33.2. The summed E-state index contributed by atoms with van der Waals surface area (Å²) in [6.07, 6.45) is 3.21. The highest BCUT2D eigenvalue weighted by Gasteiger charge is 2.54. The van der Waals surface area contributed by atoms with Crippen molar-refractivity contribution in [3.8, 4) is 11.1 Å². The molecule has 2 atom stereocenters. The summed E-state index contributed by atoms with van der Waals surface area (Å²) in [6.45, 7) is 25.5. The van der Waals surface area contributed by atoms with Gasteiger partial charge in [-0.25, -0.2) is 0 Å². The second-order valence-corrected chi connectivity index (χ2v) is 17.3. The molecular weight excluding hydrogens is 642 g/mol. The van der Waals surface area contributed by atoms with Crippen LogP contribution >= 0.6 is 0 Å². The van der Waals surface area contributed by atoms with Gasteiger partial charge >= 0.3 is 26.2 Å². The highest BCUT2D eigenvalue weighted by Crippen LogP contribution is 2.54. The van der Waals surface area contributed by atoms with Gasteiger partial charge in [-0.15, -0.1) is 0 Å². The van der Waals surface area contributed by atoms with Crippen LogP contribution in [0.4, 0.5) is 0 Å². The number of ether oxygens (including phenoxy) is 2. The first-order valence-electron chi connectivity index (χ1n) is 19.1. The molecule has 278 valence electrons. The van der Waals surface area contributed by atoms with E-state index in [2.05, 4.69) is 91.8 Å². The van der Waals surface area contributed by atoms with E-state index in [0.717, 1.165) is 46.0 Å². The second kappa shape index (κ2) is 14.6. The molecule has 0 bridgehead atoms. The smallest absolute Gasteiger partial charge is 0.465 e. The quantitative estimate of drug-likeness (QED) is 0.150. The minimum atomic E-state index is -0.677. The fraction of sp³-hybridized carbons (Fsp3) is 0.659. The molecule has 2 heterocycles. The lowest BCUT2D eigenvalue weighted by Crippen LogP contribution is -2.41. The molecule has 2 aromatic carbocycles. The molecule has 2 unspecified atom stereocenters. The van der Waals surface area contributed by atoms with Crippen LogP contribution in [0.15, 0.2) is 36.4 Å². The Labute approximate surface area is 307 Å². The zero-order valence-corrected chi connectivity index (χ0v) is 33.2. The van der Waals surface area contributed by atoms with E-state index in [1.807, 2.05) is 27.7 Å². The van der Waals surface area contributed by atoms with Crippen LogP contribution in [0.1, 0.15) is 133 Å². The number of carbonyl (C=O) groups is 2. The molecule has 2 aliphatic heterocycles. The van der Waals surface area contributed by atoms with Gasteiger partial charge in [-0.05, 0) is 113 Å². The van der Waals surface area contributed by atoms with E-state index in [9.17, 15) is 9.59 Å². The molecule has 8 nitrogen and oxygen atoms in total.